The number of rotatable bonds is 7. The second-order valence-electron chi connectivity index (χ2n) is 3.97. The van der Waals surface area contributed by atoms with Crippen molar-refractivity contribution in [2.75, 3.05) is 20.8 Å². The van der Waals surface area contributed by atoms with Gasteiger partial charge in [-0.2, -0.15) is 0 Å². The molecule has 1 aromatic carbocycles. The van der Waals surface area contributed by atoms with Crippen molar-refractivity contribution < 1.29 is 9.47 Å². The van der Waals surface area contributed by atoms with Gasteiger partial charge in [0.15, 0.2) is 0 Å². The Morgan fingerprint density at radius 1 is 1.29 bits per heavy atom. The first-order valence-corrected chi connectivity index (χ1v) is 5.77. The van der Waals surface area contributed by atoms with Crippen LogP contribution in [0.25, 0.3) is 0 Å². The summed E-state index contributed by atoms with van der Waals surface area (Å²) in [4.78, 5) is 0. The Labute approximate surface area is 103 Å². The van der Waals surface area contributed by atoms with Gasteiger partial charge >= 0.3 is 0 Å². The summed E-state index contributed by atoms with van der Waals surface area (Å²) in [5, 5.41) is 0. The molecule has 0 aromatic heterocycles. The van der Waals surface area contributed by atoms with Crippen molar-refractivity contribution in [3.8, 4) is 11.5 Å². The molecule has 1 aromatic rings. The summed E-state index contributed by atoms with van der Waals surface area (Å²) in [5.41, 5.74) is 6.84. The second-order valence-corrected chi connectivity index (χ2v) is 3.97. The SMILES string of the molecule is C=CC[C@H](CN)Cc1c(OC)cccc1OC. The van der Waals surface area contributed by atoms with Crippen LogP contribution in [0.1, 0.15) is 12.0 Å². The van der Waals surface area contributed by atoms with E-state index in [2.05, 4.69) is 6.58 Å². The van der Waals surface area contributed by atoms with Gasteiger partial charge in [-0.15, -0.1) is 6.58 Å². The third-order valence-electron chi connectivity index (χ3n) is 2.86. The minimum atomic E-state index is 0.373. The Kier molecular flexibility index (Phi) is 5.57. The van der Waals surface area contributed by atoms with Gasteiger partial charge in [0.1, 0.15) is 11.5 Å². The Hall–Kier alpha value is -1.48. The number of ether oxygens (including phenoxy) is 2. The van der Waals surface area contributed by atoms with Crippen LogP contribution >= 0.6 is 0 Å². The van der Waals surface area contributed by atoms with Crippen LogP contribution in [-0.4, -0.2) is 20.8 Å². The molecule has 0 saturated carbocycles. The van der Waals surface area contributed by atoms with E-state index in [9.17, 15) is 0 Å². The molecule has 0 saturated heterocycles. The van der Waals surface area contributed by atoms with E-state index in [1.165, 1.54) is 0 Å². The van der Waals surface area contributed by atoms with Gasteiger partial charge in [-0.1, -0.05) is 12.1 Å². The number of benzene rings is 1. The largest absolute Gasteiger partial charge is 0.496 e. The van der Waals surface area contributed by atoms with Gasteiger partial charge in [-0.05, 0) is 37.4 Å². The van der Waals surface area contributed by atoms with Crippen LogP contribution in [0.3, 0.4) is 0 Å². The fourth-order valence-corrected chi connectivity index (χ4v) is 1.92. The first-order valence-electron chi connectivity index (χ1n) is 5.77. The molecule has 0 amide bonds. The Morgan fingerprint density at radius 3 is 2.29 bits per heavy atom. The molecule has 0 fully saturated rings. The molecule has 94 valence electrons. The molecule has 2 N–H and O–H groups in total. The predicted molar refractivity (Wildman–Crippen MR) is 70.6 cm³/mol. The summed E-state index contributed by atoms with van der Waals surface area (Å²) in [6.07, 6.45) is 3.65. The zero-order valence-corrected chi connectivity index (χ0v) is 10.6. The van der Waals surface area contributed by atoms with Crippen molar-refractivity contribution in [3.05, 3.63) is 36.4 Å². The molecule has 17 heavy (non-hydrogen) atoms. The molecule has 0 aliphatic heterocycles. The molecule has 0 spiro atoms. The fraction of sp³-hybridized carbons (Fsp3) is 0.429. The van der Waals surface area contributed by atoms with Crippen molar-refractivity contribution in [2.24, 2.45) is 11.7 Å². The van der Waals surface area contributed by atoms with Crippen LogP contribution in [0.15, 0.2) is 30.9 Å². The predicted octanol–water partition coefficient (Wildman–Crippen LogP) is 2.40. The Morgan fingerprint density at radius 2 is 1.88 bits per heavy atom. The van der Waals surface area contributed by atoms with E-state index in [-0.39, 0.29) is 0 Å². The van der Waals surface area contributed by atoms with Crippen LogP contribution in [0, 0.1) is 5.92 Å². The number of allylic oxidation sites excluding steroid dienone is 1. The average Bonchev–Trinajstić information content (AvgIpc) is 2.38. The summed E-state index contributed by atoms with van der Waals surface area (Å²) in [6, 6.07) is 5.81. The zero-order chi connectivity index (χ0) is 12.7. The number of hydrogen-bond donors (Lipinski definition) is 1. The van der Waals surface area contributed by atoms with Crippen LogP contribution in [0.5, 0.6) is 11.5 Å². The maximum absolute atomic E-state index is 5.76. The Balaban J connectivity index is 2.97. The third kappa shape index (κ3) is 3.49. The number of methoxy groups -OCH3 is 2. The van der Waals surface area contributed by atoms with Crippen LogP contribution in [-0.2, 0) is 6.42 Å². The molecular formula is C14H21NO2. The normalized spacial score (nSPS) is 11.9. The van der Waals surface area contributed by atoms with Crippen molar-refractivity contribution in [1.82, 2.24) is 0 Å². The first-order chi connectivity index (χ1) is 8.26. The van der Waals surface area contributed by atoms with Gasteiger partial charge in [-0.3, -0.25) is 0 Å². The van der Waals surface area contributed by atoms with Crippen molar-refractivity contribution >= 4 is 0 Å². The molecule has 3 nitrogen and oxygen atoms in total. The third-order valence-corrected chi connectivity index (χ3v) is 2.86. The smallest absolute Gasteiger partial charge is 0.125 e. The molecule has 1 atom stereocenters. The topological polar surface area (TPSA) is 44.5 Å². The van der Waals surface area contributed by atoms with E-state index >= 15 is 0 Å². The van der Waals surface area contributed by atoms with Gasteiger partial charge in [0.05, 0.1) is 14.2 Å². The van der Waals surface area contributed by atoms with E-state index < -0.39 is 0 Å². The zero-order valence-electron chi connectivity index (χ0n) is 10.6. The lowest BCUT2D eigenvalue weighted by molar-refractivity contribution is 0.378. The summed E-state index contributed by atoms with van der Waals surface area (Å²) >= 11 is 0. The Bertz CT molecular complexity index is 341. The monoisotopic (exact) mass is 235 g/mol. The molecule has 0 bridgehead atoms. The van der Waals surface area contributed by atoms with Crippen LogP contribution in [0.2, 0.25) is 0 Å². The van der Waals surface area contributed by atoms with Crippen molar-refractivity contribution in [1.29, 1.82) is 0 Å². The molecule has 1 rings (SSSR count). The highest BCUT2D eigenvalue weighted by Gasteiger charge is 2.14. The highest BCUT2D eigenvalue weighted by molar-refractivity contribution is 5.45. The summed E-state index contributed by atoms with van der Waals surface area (Å²) in [5.74, 6) is 2.08. The minimum Gasteiger partial charge on any atom is -0.496 e. The van der Waals surface area contributed by atoms with E-state index in [1.807, 2.05) is 24.3 Å². The standard InChI is InChI=1S/C14H21NO2/c1-4-6-11(10-15)9-12-13(16-2)7-5-8-14(12)17-3/h4-5,7-8,11H,1,6,9-10,15H2,2-3H3/t11-/m0/s1. The molecule has 0 radical (unpaired) electrons. The van der Waals surface area contributed by atoms with Gasteiger partial charge in [0, 0.05) is 5.56 Å². The fourth-order valence-electron chi connectivity index (χ4n) is 1.92. The quantitative estimate of drug-likeness (QED) is 0.738. The number of hydrogen-bond acceptors (Lipinski definition) is 3. The molecule has 0 aliphatic carbocycles. The molecule has 0 heterocycles. The lowest BCUT2D eigenvalue weighted by Gasteiger charge is -2.17. The second kappa shape index (κ2) is 6.97. The van der Waals surface area contributed by atoms with Crippen molar-refractivity contribution in [2.45, 2.75) is 12.8 Å². The molecule has 0 unspecified atom stereocenters. The van der Waals surface area contributed by atoms with E-state index in [0.717, 1.165) is 29.9 Å². The highest BCUT2D eigenvalue weighted by atomic mass is 16.5. The summed E-state index contributed by atoms with van der Waals surface area (Å²) in [6.45, 7) is 4.39. The van der Waals surface area contributed by atoms with Crippen LogP contribution in [0.4, 0.5) is 0 Å². The lowest BCUT2D eigenvalue weighted by Crippen LogP contribution is -2.17. The van der Waals surface area contributed by atoms with Gasteiger partial charge < -0.3 is 15.2 Å². The highest BCUT2D eigenvalue weighted by Crippen LogP contribution is 2.31. The minimum absolute atomic E-state index is 0.373. The van der Waals surface area contributed by atoms with E-state index in [0.29, 0.717) is 12.5 Å². The molecule has 0 aliphatic rings. The maximum atomic E-state index is 5.76. The molecule has 3 heteroatoms. The average molecular weight is 235 g/mol. The summed E-state index contributed by atoms with van der Waals surface area (Å²) in [7, 11) is 3.34. The maximum Gasteiger partial charge on any atom is 0.125 e. The van der Waals surface area contributed by atoms with Crippen molar-refractivity contribution in [3.63, 3.8) is 0 Å². The summed E-state index contributed by atoms with van der Waals surface area (Å²) < 4.78 is 10.7. The number of nitrogens with two attached hydrogens (primary N) is 1. The van der Waals surface area contributed by atoms with Crippen LogP contribution < -0.4 is 15.2 Å². The van der Waals surface area contributed by atoms with Gasteiger partial charge in [-0.25, -0.2) is 0 Å². The van der Waals surface area contributed by atoms with Gasteiger partial charge in [0.25, 0.3) is 0 Å². The van der Waals surface area contributed by atoms with Gasteiger partial charge in [0.2, 0.25) is 0 Å². The molecular weight excluding hydrogens is 214 g/mol. The van der Waals surface area contributed by atoms with E-state index in [4.69, 9.17) is 15.2 Å². The first kappa shape index (κ1) is 13.6. The lowest BCUT2D eigenvalue weighted by atomic mass is 9.95. The van der Waals surface area contributed by atoms with E-state index in [1.54, 1.807) is 14.2 Å².